The SMILES string of the molecule is CCc1ccc(-n2c(C)cc([C@H]3[C@H](c4ccccn4)NC(=S)N3CCC(=O)Nc3cccc4ccccc34)c2C)cc1. The topological polar surface area (TPSA) is 62.2 Å². The number of benzene rings is 3. The zero-order chi connectivity index (χ0) is 29.2. The number of hydrogen-bond donors (Lipinski definition) is 2. The molecular weight excluding hydrogens is 538 g/mol. The number of carbonyl (C=O) groups excluding carboxylic acids is 1. The molecule has 42 heavy (non-hydrogen) atoms. The highest BCUT2D eigenvalue weighted by Gasteiger charge is 2.41. The van der Waals surface area contributed by atoms with Gasteiger partial charge >= 0.3 is 0 Å². The van der Waals surface area contributed by atoms with Gasteiger partial charge in [0.2, 0.25) is 5.91 Å². The third-order valence-corrected chi connectivity index (χ3v) is 8.59. The maximum atomic E-state index is 13.3. The standard InChI is InChI=1S/C35H35N5OS/c1-4-25-15-17-27(18-16-25)40-23(2)22-29(24(40)3)34-33(31-13-7-8-20-36-31)38-35(42)39(34)21-19-32(41)37-30-14-9-11-26-10-5-6-12-28(26)30/h5-18,20,22,33-34H,4,19,21H2,1-3H3,(H,37,41)(H,38,42)/t33-,34-/m0/s1. The second-order valence-electron chi connectivity index (χ2n) is 10.8. The number of aryl methyl sites for hydroxylation is 2. The van der Waals surface area contributed by atoms with E-state index >= 15 is 0 Å². The number of thiocarbonyl (C=S) groups is 1. The minimum Gasteiger partial charge on any atom is -0.352 e. The average Bonchev–Trinajstić information content (AvgIpc) is 3.50. The fraction of sp³-hybridized carbons (Fsp3) is 0.229. The smallest absolute Gasteiger partial charge is 0.226 e. The fourth-order valence-corrected chi connectivity index (χ4v) is 6.45. The Balaban J connectivity index is 1.30. The molecule has 1 saturated heterocycles. The molecule has 0 saturated carbocycles. The van der Waals surface area contributed by atoms with E-state index in [4.69, 9.17) is 12.2 Å². The van der Waals surface area contributed by atoms with Crippen LogP contribution in [0.25, 0.3) is 16.5 Å². The molecule has 0 spiro atoms. The summed E-state index contributed by atoms with van der Waals surface area (Å²) < 4.78 is 2.30. The summed E-state index contributed by atoms with van der Waals surface area (Å²) in [6.07, 6.45) is 3.12. The largest absolute Gasteiger partial charge is 0.352 e. The third kappa shape index (κ3) is 5.28. The van der Waals surface area contributed by atoms with Crippen LogP contribution in [-0.4, -0.2) is 32.0 Å². The first-order chi connectivity index (χ1) is 20.4. The molecule has 6 nitrogen and oxygen atoms in total. The van der Waals surface area contributed by atoms with E-state index in [9.17, 15) is 4.79 Å². The predicted octanol–water partition coefficient (Wildman–Crippen LogP) is 7.21. The van der Waals surface area contributed by atoms with E-state index in [1.165, 1.54) is 11.1 Å². The summed E-state index contributed by atoms with van der Waals surface area (Å²) in [6, 6.07) is 30.8. The molecule has 0 unspecified atom stereocenters. The Hall–Kier alpha value is -4.49. The van der Waals surface area contributed by atoms with Crippen LogP contribution in [0.3, 0.4) is 0 Å². The molecule has 5 aromatic rings. The minimum atomic E-state index is -0.142. The fourth-order valence-electron chi connectivity index (χ4n) is 6.12. The van der Waals surface area contributed by atoms with Crippen LogP contribution < -0.4 is 10.6 Å². The van der Waals surface area contributed by atoms with Crippen molar-refractivity contribution in [3.05, 3.63) is 125 Å². The van der Waals surface area contributed by atoms with Gasteiger partial charge in [0.25, 0.3) is 0 Å². The summed E-state index contributed by atoms with van der Waals surface area (Å²) in [7, 11) is 0. The summed E-state index contributed by atoms with van der Waals surface area (Å²) in [6.45, 7) is 6.95. The molecule has 7 heteroatoms. The van der Waals surface area contributed by atoms with Crippen LogP contribution in [0.1, 0.15) is 53.6 Å². The summed E-state index contributed by atoms with van der Waals surface area (Å²) >= 11 is 5.89. The van der Waals surface area contributed by atoms with Crippen molar-refractivity contribution in [3.8, 4) is 5.69 Å². The third-order valence-electron chi connectivity index (χ3n) is 8.23. The number of amides is 1. The minimum absolute atomic E-state index is 0.0457. The van der Waals surface area contributed by atoms with E-state index in [1.807, 2.05) is 54.7 Å². The Labute approximate surface area is 252 Å². The van der Waals surface area contributed by atoms with Gasteiger partial charge in [0, 0.05) is 47.3 Å². The van der Waals surface area contributed by atoms with Crippen LogP contribution in [0.15, 0.2) is 97.2 Å². The van der Waals surface area contributed by atoms with Gasteiger partial charge < -0.3 is 20.1 Å². The Bertz CT molecular complexity index is 1740. The van der Waals surface area contributed by atoms with Gasteiger partial charge in [0.05, 0.1) is 17.8 Å². The predicted molar refractivity (Wildman–Crippen MR) is 174 cm³/mol. The highest BCUT2D eigenvalue weighted by molar-refractivity contribution is 7.80. The number of fused-ring (bicyclic) bond motifs is 1. The molecule has 3 heterocycles. The van der Waals surface area contributed by atoms with Crippen LogP contribution >= 0.6 is 12.2 Å². The first kappa shape index (κ1) is 27.7. The van der Waals surface area contributed by atoms with E-state index in [0.29, 0.717) is 18.1 Å². The molecule has 2 aromatic heterocycles. The summed E-state index contributed by atoms with van der Waals surface area (Å²) in [5.41, 5.74) is 7.67. The van der Waals surface area contributed by atoms with E-state index in [1.54, 1.807) is 0 Å². The van der Waals surface area contributed by atoms with Crippen molar-refractivity contribution < 1.29 is 4.79 Å². The lowest BCUT2D eigenvalue weighted by atomic mass is 9.96. The Morgan fingerprint density at radius 2 is 1.74 bits per heavy atom. The summed E-state index contributed by atoms with van der Waals surface area (Å²) in [5, 5.41) is 9.41. The van der Waals surface area contributed by atoms with Gasteiger partial charge in [-0.15, -0.1) is 0 Å². The van der Waals surface area contributed by atoms with Crippen LogP contribution in [0.2, 0.25) is 0 Å². The van der Waals surface area contributed by atoms with Crippen LogP contribution in [-0.2, 0) is 11.2 Å². The molecule has 6 rings (SSSR count). The van der Waals surface area contributed by atoms with E-state index < -0.39 is 0 Å². The van der Waals surface area contributed by atoms with E-state index in [0.717, 1.165) is 45.6 Å². The average molecular weight is 574 g/mol. The quantitative estimate of drug-likeness (QED) is 0.192. The normalized spacial score (nSPS) is 16.5. The number of hydrogen-bond acceptors (Lipinski definition) is 3. The lowest BCUT2D eigenvalue weighted by Crippen LogP contribution is -2.33. The highest BCUT2D eigenvalue weighted by Crippen LogP contribution is 2.41. The molecule has 1 aliphatic rings. The van der Waals surface area contributed by atoms with Gasteiger partial charge in [0.15, 0.2) is 5.11 Å². The van der Waals surface area contributed by atoms with Crippen molar-refractivity contribution in [3.63, 3.8) is 0 Å². The van der Waals surface area contributed by atoms with Crippen molar-refractivity contribution in [1.82, 2.24) is 19.8 Å². The second-order valence-corrected chi connectivity index (χ2v) is 11.2. The zero-order valence-corrected chi connectivity index (χ0v) is 25.0. The molecule has 1 amide bonds. The molecule has 0 bridgehead atoms. The molecule has 3 aromatic carbocycles. The van der Waals surface area contributed by atoms with Gasteiger partial charge in [-0.05, 0) is 85.4 Å². The van der Waals surface area contributed by atoms with Crippen LogP contribution in [0.4, 0.5) is 5.69 Å². The number of pyridine rings is 1. The number of aromatic nitrogens is 2. The van der Waals surface area contributed by atoms with Crippen molar-refractivity contribution in [2.45, 2.75) is 45.7 Å². The Kier molecular flexibility index (Phi) is 7.76. The van der Waals surface area contributed by atoms with Gasteiger partial charge in [0.1, 0.15) is 0 Å². The molecule has 212 valence electrons. The summed E-state index contributed by atoms with van der Waals surface area (Å²) in [4.78, 5) is 20.1. The molecule has 2 N–H and O–H groups in total. The molecule has 1 aliphatic heterocycles. The number of nitrogens with zero attached hydrogens (tertiary/aromatic N) is 3. The van der Waals surface area contributed by atoms with Gasteiger partial charge in [-0.2, -0.15) is 0 Å². The van der Waals surface area contributed by atoms with Crippen molar-refractivity contribution >= 4 is 39.7 Å². The first-order valence-electron chi connectivity index (χ1n) is 14.5. The maximum absolute atomic E-state index is 13.3. The summed E-state index contributed by atoms with van der Waals surface area (Å²) in [5.74, 6) is -0.0457. The monoisotopic (exact) mass is 573 g/mol. The van der Waals surface area contributed by atoms with Gasteiger partial charge in [-0.1, -0.05) is 61.5 Å². The zero-order valence-electron chi connectivity index (χ0n) is 24.2. The number of rotatable bonds is 8. The van der Waals surface area contributed by atoms with E-state index in [2.05, 4.69) is 88.3 Å². The maximum Gasteiger partial charge on any atom is 0.226 e. The molecule has 2 atom stereocenters. The Morgan fingerprint density at radius 3 is 2.50 bits per heavy atom. The molecule has 0 radical (unpaired) electrons. The number of carbonyl (C=O) groups is 1. The highest BCUT2D eigenvalue weighted by atomic mass is 32.1. The van der Waals surface area contributed by atoms with Crippen molar-refractivity contribution in [2.75, 3.05) is 11.9 Å². The molecule has 1 fully saturated rings. The van der Waals surface area contributed by atoms with Crippen LogP contribution in [0.5, 0.6) is 0 Å². The lowest BCUT2D eigenvalue weighted by Gasteiger charge is -2.28. The first-order valence-corrected chi connectivity index (χ1v) is 14.9. The molecule has 0 aliphatic carbocycles. The van der Waals surface area contributed by atoms with E-state index in [-0.39, 0.29) is 18.0 Å². The van der Waals surface area contributed by atoms with Gasteiger partial charge in [-0.3, -0.25) is 9.78 Å². The van der Waals surface area contributed by atoms with Gasteiger partial charge in [-0.25, -0.2) is 0 Å². The number of anilines is 1. The van der Waals surface area contributed by atoms with Crippen LogP contribution in [0, 0.1) is 13.8 Å². The Morgan fingerprint density at radius 1 is 0.976 bits per heavy atom. The number of nitrogens with one attached hydrogen (secondary N) is 2. The molecular formula is C35H35N5OS. The van der Waals surface area contributed by atoms with Crippen molar-refractivity contribution in [2.24, 2.45) is 0 Å². The second kappa shape index (κ2) is 11.8. The lowest BCUT2D eigenvalue weighted by molar-refractivity contribution is -0.116. The van der Waals surface area contributed by atoms with Crippen molar-refractivity contribution in [1.29, 1.82) is 0 Å².